The summed E-state index contributed by atoms with van der Waals surface area (Å²) in [5.74, 6) is -0.432. The van der Waals surface area contributed by atoms with Crippen LogP contribution in [0.5, 0.6) is 0 Å². The van der Waals surface area contributed by atoms with E-state index >= 15 is 0 Å². The van der Waals surface area contributed by atoms with Crippen LogP contribution in [0.2, 0.25) is 0 Å². The van der Waals surface area contributed by atoms with Crippen molar-refractivity contribution in [2.75, 3.05) is 0 Å². The van der Waals surface area contributed by atoms with Crippen LogP contribution in [0.1, 0.15) is 5.56 Å². The summed E-state index contributed by atoms with van der Waals surface area (Å²) in [6.07, 6.45) is 1.15. The Morgan fingerprint density at radius 3 is 2.60 bits per heavy atom. The van der Waals surface area contributed by atoms with Crippen LogP contribution in [0.25, 0.3) is 11.3 Å². The molecule has 0 saturated carbocycles. The highest BCUT2D eigenvalue weighted by atomic mass is 19.1. The molecule has 1 N–H and O–H groups in total. The number of hydrogen-bond acceptors (Lipinski definition) is 2. The average Bonchev–Trinajstić information content (AvgIpc) is 2.30. The zero-order valence-electron chi connectivity index (χ0n) is 8.02. The lowest BCUT2D eigenvalue weighted by molar-refractivity contribution is 0.281. The van der Waals surface area contributed by atoms with Gasteiger partial charge in [-0.25, -0.2) is 4.39 Å². The second-order valence-electron chi connectivity index (χ2n) is 3.19. The average molecular weight is 203 g/mol. The number of aromatic nitrogens is 1. The maximum absolute atomic E-state index is 12.9. The first kappa shape index (κ1) is 9.80. The highest BCUT2D eigenvalue weighted by molar-refractivity contribution is 5.62. The number of halogens is 1. The topological polar surface area (TPSA) is 33.1 Å². The molecular formula is C12H10FNO. The quantitative estimate of drug-likeness (QED) is 0.812. The van der Waals surface area contributed by atoms with Crippen molar-refractivity contribution in [2.24, 2.45) is 0 Å². The van der Waals surface area contributed by atoms with Gasteiger partial charge in [-0.2, -0.15) is 0 Å². The van der Waals surface area contributed by atoms with Crippen LogP contribution in [0.4, 0.5) is 4.39 Å². The molecule has 76 valence electrons. The largest absolute Gasteiger partial charge is 0.392 e. The minimum atomic E-state index is -0.432. The fourth-order valence-electron chi connectivity index (χ4n) is 1.46. The van der Waals surface area contributed by atoms with Crippen molar-refractivity contribution in [3.05, 3.63) is 54.0 Å². The van der Waals surface area contributed by atoms with Crippen molar-refractivity contribution in [2.45, 2.75) is 6.61 Å². The zero-order chi connectivity index (χ0) is 10.7. The molecule has 1 aromatic heterocycles. The Hall–Kier alpha value is -1.74. The summed E-state index contributed by atoms with van der Waals surface area (Å²) in [4.78, 5) is 3.98. The van der Waals surface area contributed by atoms with Crippen LogP contribution in [-0.2, 0) is 6.61 Å². The van der Waals surface area contributed by atoms with Crippen LogP contribution in [0.15, 0.2) is 42.6 Å². The standard InChI is InChI=1S/C12H10FNO/c13-11-6-10(8-15)12(14-7-11)9-4-2-1-3-5-9/h1-7,15H,8H2. The number of nitrogens with zero attached hydrogens (tertiary/aromatic N) is 1. The maximum Gasteiger partial charge on any atom is 0.141 e. The molecule has 1 aromatic carbocycles. The van der Waals surface area contributed by atoms with E-state index < -0.39 is 5.82 Å². The first-order valence-electron chi connectivity index (χ1n) is 4.62. The third-order valence-corrected chi connectivity index (χ3v) is 2.15. The second-order valence-corrected chi connectivity index (χ2v) is 3.19. The zero-order valence-corrected chi connectivity index (χ0v) is 8.02. The summed E-state index contributed by atoms with van der Waals surface area (Å²) >= 11 is 0. The van der Waals surface area contributed by atoms with E-state index in [0.717, 1.165) is 11.8 Å². The lowest BCUT2D eigenvalue weighted by atomic mass is 10.1. The van der Waals surface area contributed by atoms with Gasteiger partial charge in [-0.3, -0.25) is 4.98 Å². The molecule has 0 radical (unpaired) electrons. The summed E-state index contributed by atoms with van der Waals surface area (Å²) in [6.45, 7) is -0.213. The maximum atomic E-state index is 12.9. The van der Waals surface area contributed by atoms with Gasteiger partial charge in [-0.05, 0) is 6.07 Å². The van der Waals surface area contributed by atoms with E-state index in [0.29, 0.717) is 11.3 Å². The number of pyridine rings is 1. The van der Waals surface area contributed by atoms with Gasteiger partial charge in [0.25, 0.3) is 0 Å². The minimum absolute atomic E-state index is 0.213. The molecule has 2 rings (SSSR count). The first-order valence-corrected chi connectivity index (χ1v) is 4.62. The van der Waals surface area contributed by atoms with E-state index in [2.05, 4.69) is 4.98 Å². The van der Waals surface area contributed by atoms with Gasteiger partial charge in [0.05, 0.1) is 18.5 Å². The molecule has 0 saturated heterocycles. The minimum Gasteiger partial charge on any atom is -0.392 e. The first-order chi connectivity index (χ1) is 7.31. The Kier molecular flexibility index (Phi) is 2.74. The van der Waals surface area contributed by atoms with Gasteiger partial charge in [0.2, 0.25) is 0 Å². The molecule has 2 aromatic rings. The second kappa shape index (κ2) is 4.19. The Labute approximate surface area is 87.0 Å². The number of rotatable bonds is 2. The molecule has 0 spiro atoms. The predicted molar refractivity (Wildman–Crippen MR) is 55.6 cm³/mol. The molecule has 0 atom stereocenters. The molecule has 15 heavy (non-hydrogen) atoms. The van der Waals surface area contributed by atoms with Crippen molar-refractivity contribution in [3.63, 3.8) is 0 Å². The third kappa shape index (κ3) is 2.02. The molecular weight excluding hydrogens is 193 g/mol. The molecule has 0 fully saturated rings. The van der Waals surface area contributed by atoms with E-state index in [1.165, 1.54) is 6.07 Å². The van der Waals surface area contributed by atoms with Crippen LogP contribution in [-0.4, -0.2) is 10.1 Å². The summed E-state index contributed by atoms with van der Waals surface area (Å²) < 4.78 is 12.9. The molecule has 0 amide bonds. The lowest BCUT2D eigenvalue weighted by Crippen LogP contribution is -1.94. The van der Waals surface area contributed by atoms with E-state index in [-0.39, 0.29) is 6.61 Å². The summed E-state index contributed by atoms with van der Waals surface area (Å²) in [6, 6.07) is 10.7. The molecule has 0 unspecified atom stereocenters. The highest BCUT2D eigenvalue weighted by Crippen LogP contribution is 2.21. The van der Waals surface area contributed by atoms with Crippen LogP contribution < -0.4 is 0 Å². The van der Waals surface area contributed by atoms with Gasteiger partial charge in [-0.1, -0.05) is 30.3 Å². The van der Waals surface area contributed by atoms with E-state index in [4.69, 9.17) is 5.11 Å². The fourth-order valence-corrected chi connectivity index (χ4v) is 1.46. The van der Waals surface area contributed by atoms with Crippen molar-refractivity contribution in [1.29, 1.82) is 0 Å². The van der Waals surface area contributed by atoms with Crippen LogP contribution in [0, 0.1) is 5.82 Å². The van der Waals surface area contributed by atoms with Gasteiger partial charge < -0.3 is 5.11 Å². The normalized spacial score (nSPS) is 10.3. The van der Waals surface area contributed by atoms with Crippen LogP contribution in [0.3, 0.4) is 0 Å². The van der Waals surface area contributed by atoms with E-state index in [1.807, 2.05) is 30.3 Å². The van der Waals surface area contributed by atoms with E-state index in [1.54, 1.807) is 0 Å². The molecule has 0 aliphatic rings. The molecule has 1 heterocycles. The number of hydrogen-bond donors (Lipinski definition) is 1. The van der Waals surface area contributed by atoms with Gasteiger partial charge >= 0.3 is 0 Å². The van der Waals surface area contributed by atoms with Crippen molar-refractivity contribution < 1.29 is 9.50 Å². The van der Waals surface area contributed by atoms with Gasteiger partial charge in [0.1, 0.15) is 5.82 Å². The van der Waals surface area contributed by atoms with Gasteiger partial charge in [-0.15, -0.1) is 0 Å². The van der Waals surface area contributed by atoms with Crippen molar-refractivity contribution in [3.8, 4) is 11.3 Å². The monoisotopic (exact) mass is 203 g/mol. The molecule has 3 heteroatoms. The van der Waals surface area contributed by atoms with Gasteiger partial charge in [0.15, 0.2) is 0 Å². The highest BCUT2D eigenvalue weighted by Gasteiger charge is 2.06. The number of aliphatic hydroxyl groups is 1. The number of aliphatic hydroxyl groups excluding tert-OH is 1. The summed E-state index contributed by atoms with van der Waals surface area (Å²) in [5, 5.41) is 9.10. The summed E-state index contributed by atoms with van der Waals surface area (Å²) in [7, 11) is 0. The Morgan fingerprint density at radius 2 is 1.93 bits per heavy atom. The molecule has 0 aliphatic carbocycles. The number of benzene rings is 1. The molecule has 0 aliphatic heterocycles. The predicted octanol–water partition coefficient (Wildman–Crippen LogP) is 2.38. The van der Waals surface area contributed by atoms with E-state index in [9.17, 15) is 4.39 Å². The summed E-state index contributed by atoms with van der Waals surface area (Å²) in [5.41, 5.74) is 2.00. The smallest absolute Gasteiger partial charge is 0.141 e. The Balaban J connectivity index is 2.53. The fraction of sp³-hybridized carbons (Fsp3) is 0.0833. The van der Waals surface area contributed by atoms with Crippen molar-refractivity contribution >= 4 is 0 Å². The third-order valence-electron chi connectivity index (χ3n) is 2.15. The van der Waals surface area contributed by atoms with Gasteiger partial charge in [0, 0.05) is 11.1 Å². The van der Waals surface area contributed by atoms with Crippen molar-refractivity contribution in [1.82, 2.24) is 4.98 Å². The Bertz CT molecular complexity index is 456. The Morgan fingerprint density at radius 1 is 1.20 bits per heavy atom. The van der Waals surface area contributed by atoms with Crippen LogP contribution >= 0.6 is 0 Å². The lowest BCUT2D eigenvalue weighted by Gasteiger charge is -2.05. The molecule has 0 bridgehead atoms. The SMILES string of the molecule is OCc1cc(F)cnc1-c1ccccc1. The molecule has 2 nitrogen and oxygen atoms in total.